The Kier molecular flexibility index (Phi) is 8.13. The van der Waals surface area contributed by atoms with Crippen LogP contribution in [0.1, 0.15) is 57.4 Å². The van der Waals surface area contributed by atoms with Gasteiger partial charge >= 0.3 is 0 Å². The molecule has 0 fully saturated rings. The summed E-state index contributed by atoms with van der Waals surface area (Å²) in [5.74, 6) is 0.0603. The summed E-state index contributed by atoms with van der Waals surface area (Å²) >= 11 is 0. The second kappa shape index (κ2) is 10.3. The second-order valence-electron chi connectivity index (χ2n) is 6.70. The minimum atomic E-state index is -4.40. The van der Waals surface area contributed by atoms with E-state index in [1.54, 1.807) is 18.2 Å². The monoisotopic (exact) mass is 392 g/mol. The number of hydrogen-bond donors (Lipinski definition) is 2. The molecule has 0 bridgehead atoms. The van der Waals surface area contributed by atoms with E-state index in [0.717, 1.165) is 18.4 Å². The summed E-state index contributed by atoms with van der Waals surface area (Å²) in [6, 6.07) is 10.9. The van der Waals surface area contributed by atoms with Crippen molar-refractivity contribution < 1.29 is 22.8 Å². The molecule has 0 atom stereocenters. The van der Waals surface area contributed by atoms with Gasteiger partial charge in [-0.15, -0.1) is 0 Å². The molecule has 0 aliphatic heterocycles. The van der Waals surface area contributed by atoms with E-state index in [1.807, 2.05) is 6.07 Å². The molecule has 0 saturated heterocycles. The zero-order valence-corrected chi connectivity index (χ0v) is 16.5. The molecule has 2 aromatic rings. The summed E-state index contributed by atoms with van der Waals surface area (Å²) in [5, 5.41) is 10.2. The highest BCUT2D eigenvalue weighted by atomic mass is 32.2. The molecule has 0 aromatic heterocycles. The topological polar surface area (TPSA) is 83.8 Å². The molecule has 0 amide bonds. The molecule has 2 rings (SSSR count). The number of benzene rings is 2. The molecular formula is C21H28O5S. The first-order valence-electron chi connectivity index (χ1n) is 9.48. The van der Waals surface area contributed by atoms with Gasteiger partial charge < -0.3 is 9.84 Å². The van der Waals surface area contributed by atoms with Crippen molar-refractivity contribution >= 4 is 10.1 Å². The maximum absolute atomic E-state index is 11.4. The van der Waals surface area contributed by atoms with Crippen LogP contribution in [-0.4, -0.2) is 18.1 Å². The Morgan fingerprint density at radius 3 is 2.22 bits per heavy atom. The first-order valence-corrected chi connectivity index (χ1v) is 10.9. The van der Waals surface area contributed by atoms with Gasteiger partial charge in [0.05, 0.1) is 0 Å². The van der Waals surface area contributed by atoms with Crippen molar-refractivity contribution in [3.63, 3.8) is 0 Å². The van der Waals surface area contributed by atoms with Crippen LogP contribution in [0.4, 0.5) is 0 Å². The highest BCUT2D eigenvalue weighted by Gasteiger charge is 2.17. The number of ether oxygens (including phenoxy) is 1. The molecular weight excluding hydrogens is 364 g/mol. The maximum atomic E-state index is 11.4. The summed E-state index contributed by atoms with van der Waals surface area (Å²) in [6.45, 7) is 2.21. The molecule has 0 heterocycles. The van der Waals surface area contributed by atoms with E-state index in [2.05, 4.69) is 6.92 Å². The van der Waals surface area contributed by atoms with E-state index in [1.165, 1.54) is 56.7 Å². The van der Waals surface area contributed by atoms with Crippen molar-refractivity contribution in [2.45, 2.75) is 63.2 Å². The lowest BCUT2D eigenvalue weighted by Gasteiger charge is -2.11. The van der Waals surface area contributed by atoms with Gasteiger partial charge in [-0.25, -0.2) is 0 Å². The number of rotatable bonds is 11. The van der Waals surface area contributed by atoms with Gasteiger partial charge in [-0.1, -0.05) is 63.6 Å². The average Bonchev–Trinajstić information content (AvgIpc) is 2.63. The van der Waals surface area contributed by atoms with Crippen LogP contribution < -0.4 is 4.74 Å². The molecule has 0 radical (unpaired) electrons. The van der Waals surface area contributed by atoms with Crippen LogP contribution >= 0.6 is 0 Å². The SMILES string of the molecule is CCCCCCCCCc1ccc(Oc2ccccc2S(=O)(=O)O)c(O)c1. The molecule has 0 unspecified atom stereocenters. The minimum absolute atomic E-state index is 0.0323. The van der Waals surface area contributed by atoms with Gasteiger partial charge in [0.1, 0.15) is 10.6 Å². The fourth-order valence-electron chi connectivity index (χ4n) is 2.96. The summed E-state index contributed by atoms with van der Waals surface area (Å²) in [6.07, 6.45) is 9.48. The normalized spacial score (nSPS) is 11.5. The van der Waals surface area contributed by atoms with Crippen molar-refractivity contribution in [1.82, 2.24) is 0 Å². The van der Waals surface area contributed by atoms with Gasteiger partial charge in [0, 0.05) is 0 Å². The third-order valence-electron chi connectivity index (χ3n) is 4.44. The maximum Gasteiger partial charge on any atom is 0.298 e. The highest BCUT2D eigenvalue weighted by Crippen LogP contribution is 2.34. The molecule has 0 aliphatic rings. The number of aryl methyl sites for hydroxylation is 1. The quantitative estimate of drug-likeness (QED) is 0.377. The summed E-state index contributed by atoms with van der Waals surface area (Å²) in [5.41, 5.74) is 1.01. The van der Waals surface area contributed by atoms with E-state index in [-0.39, 0.29) is 22.1 Å². The van der Waals surface area contributed by atoms with Crippen LogP contribution in [0.2, 0.25) is 0 Å². The van der Waals surface area contributed by atoms with Crippen LogP contribution in [0.15, 0.2) is 47.4 Å². The number of aromatic hydroxyl groups is 1. The summed E-state index contributed by atoms with van der Waals surface area (Å²) < 4.78 is 37.6. The molecule has 0 saturated carbocycles. The van der Waals surface area contributed by atoms with Crippen molar-refractivity contribution in [1.29, 1.82) is 0 Å². The van der Waals surface area contributed by atoms with Crippen LogP contribution in [0.3, 0.4) is 0 Å². The Hall–Kier alpha value is -2.05. The highest BCUT2D eigenvalue weighted by molar-refractivity contribution is 7.86. The lowest BCUT2D eigenvalue weighted by Crippen LogP contribution is -2.01. The van der Waals surface area contributed by atoms with Gasteiger partial charge in [-0.2, -0.15) is 8.42 Å². The van der Waals surface area contributed by atoms with E-state index >= 15 is 0 Å². The van der Waals surface area contributed by atoms with Gasteiger partial charge in [0.25, 0.3) is 10.1 Å². The van der Waals surface area contributed by atoms with Gasteiger partial charge in [-0.05, 0) is 42.7 Å². The number of phenols is 1. The predicted octanol–water partition coefficient (Wildman–Crippen LogP) is 5.72. The van der Waals surface area contributed by atoms with Crippen LogP contribution in [-0.2, 0) is 16.5 Å². The van der Waals surface area contributed by atoms with Crippen molar-refractivity contribution in [3.8, 4) is 17.2 Å². The third kappa shape index (κ3) is 6.88. The Morgan fingerprint density at radius 2 is 1.56 bits per heavy atom. The summed E-state index contributed by atoms with van der Waals surface area (Å²) in [4.78, 5) is -0.337. The largest absolute Gasteiger partial charge is 0.504 e. The van der Waals surface area contributed by atoms with E-state index in [4.69, 9.17) is 4.74 Å². The fraction of sp³-hybridized carbons (Fsp3) is 0.429. The smallest absolute Gasteiger partial charge is 0.298 e. The minimum Gasteiger partial charge on any atom is -0.504 e. The second-order valence-corrected chi connectivity index (χ2v) is 8.09. The lowest BCUT2D eigenvalue weighted by molar-refractivity contribution is 0.401. The van der Waals surface area contributed by atoms with Crippen molar-refractivity contribution in [2.75, 3.05) is 0 Å². The van der Waals surface area contributed by atoms with Crippen LogP contribution in [0, 0.1) is 0 Å². The lowest BCUT2D eigenvalue weighted by atomic mass is 10.0. The molecule has 27 heavy (non-hydrogen) atoms. The fourth-order valence-corrected chi connectivity index (χ4v) is 3.57. The van der Waals surface area contributed by atoms with E-state index in [0.29, 0.717) is 0 Å². The number of unbranched alkanes of at least 4 members (excludes halogenated alkanes) is 6. The predicted molar refractivity (Wildman–Crippen MR) is 106 cm³/mol. The van der Waals surface area contributed by atoms with Crippen molar-refractivity contribution in [3.05, 3.63) is 48.0 Å². The van der Waals surface area contributed by atoms with Gasteiger partial charge in [0.15, 0.2) is 11.5 Å². The number of para-hydroxylation sites is 1. The average molecular weight is 393 g/mol. The van der Waals surface area contributed by atoms with E-state index < -0.39 is 10.1 Å². The Balaban J connectivity index is 1.94. The first kappa shape index (κ1) is 21.3. The third-order valence-corrected chi connectivity index (χ3v) is 5.33. The Morgan fingerprint density at radius 1 is 0.889 bits per heavy atom. The molecule has 148 valence electrons. The molecule has 0 spiro atoms. The Labute approximate surface area is 161 Å². The number of phenolic OH excluding ortho intramolecular Hbond substituents is 1. The molecule has 0 aliphatic carbocycles. The molecule has 5 nitrogen and oxygen atoms in total. The standard InChI is InChI=1S/C21H28O5S/c1-2-3-4-5-6-7-8-11-17-14-15-19(18(22)16-17)26-20-12-9-10-13-21(20)27(23,24)25/h9-10,12-16,22H,2-8,11H2,1H3,(H,23,24,25). The first-order chi connectivity index (χ1) is 12.9. The van der Waals surface area contributed by atoms with Crippen LogP contribution in [0.25, 0.3) is 0 Å². The molecule has 6 heteroatoms. The molecule has 2 N–H and O–H groups in total. The molecule has 2 aromatic carbocycles. The van der Waals surface area contributed by atoms with Crippen LogP contribution in [0.5, 0.6) is 17.2 Å². The Bertz CT molecular complexity index is 830. The zero-order valence-electron chi connectivity index (χ0n) is 15.7. The number of hydrogen-bond acceptors (Lipinski definition) is 4. The van der Waals surface area contributed by atoms with Gasteiger partial charge in [0.2, 0.25) is 0 Å². The zero-order chi connectivity index (χ0) is 19.7. The summed E-state index contributed by atoms with van der Waals surface area (Å²) in [7, 11) is -4.40. The van der Waals surface area contributed by atoms with E-state index in [9.17, 15) is 18.1 Å². The van der Waals surface area contributed by atoms with Crippen molar-refractivity contribution in [2.24, 2.45) is 0 Å². The van der Waals surface area contributed by atoms with Gasteiger partial charge in [-0.3, -0.25) is 4.55 Å².